The Morgan fingerprint density at radius 3 is 2.50 bits per heavy atom. The maximum atomic E-state index is 10.8. The van der Waals surface area contributed by atoms with Crippen LogP contribution in [-0.4, -0.2) is 28.6 Å². The lowest BCUT2D eigenvalue weighted by Gasteiger charge is -2.38. The molecule has 0 unspecified atom stereocenters. The highest BCUT2D eigenvalue weighted by molar-refractivity contribution is 5.70. The summed E-state index contributed by atoms with van der Waals surface area (Å²) in [5.74, 6) is -1.17. The van der Waals surface area contributed by atoms with Crippen LogP contribution in [0, 0.1) is 17.8 Å². The highest BCUT2D eigenvalue weighted by atomic mass is 16.6. The SMILES string of the molecule is C[C@@H]1C[C@H](C)[C@@H]([C@@H](C)C(=O)O)O[C@@H]1O. The zero-order valence-corrected chi connectivity index (χ0v) is 8.80. The number of rotatable bonds is 2. The van der Waals surface area contributed by atoms with Crippen molar-refractivity contribution >= 4 is 5.97 Å². The number of carboxylic acid groups (broad SMARTS) is 1. The standard InChI is InChI=1S/C10H18O4/c1-5-4-6(2)10(13)14-8(5)7(3)9(11)12/h5-8,10,13H,4H2,1-3H3,(H,11,12)/t5-,6+,7+,8-,10-/m0/s1. The first kappa shape index (κ1) is 11.5. The Hall–Kier alpha value is -0.610. The molecule has 4 nitrogen and oxygen atoms in total. The number of carbonyl (C=O) groups is 1. The normalized spacial score (nSPS) is 40.6. The van der Waals surface area contributed by atoms with Gasteiger partial charge in [0, 0.05) is 5.92 Å². The highest BCUT2D eigenvalue weighted by Crippen LogP contribution is 2.32. The summed E-state index contributed by atoms with van der Waals surface area (Å²) in [6.07, 6.45) is -0.389. The molecule has 1 fully saturated rings. The Labute approximate surface area is 83.9 Å². The molecular weight excluding hydrogens is 184 g/mol. The summed E-state index contributed by atoms with van der Waals surface area (Å²) < 4.78 is 5.31. The van der Waals surface area contributed by atoms with Gasteiger partial charge in [-0.25, -0.2) is 0 Å². The van der Waals surface area contributed by atoms with Crippen molar-refractivity contribution in [3.63, 3.8) is 0 Å². The van der Waals surface area contributed by atoms with E-state index in [1.807, 2.05) is 13.8 Å². The molecule has 0 aromatic rings. The second-order valence-corrected chi connectivity index (χ2v) is 4.31. The van der Waals surface area contributed by atoms with Gasteiger partial charge in [-0.05, 0) is 19.3 Å². The predicted octanol–water partition coefficient (Wildman–Crippen LogP) is 1.09. The van der Waals surface area contributed by atoms with Crippen molar-refractivity contribution in [1.82, 2.24) is 0 Å². The Kier molecular flexibility index (Phi) is 3.50. The molecule has 4 heteroatoms. The second kappa shape index (κ2) is 4.28. The second-order valence-electron chi connectivity index (χ2n) is 4.31. The van der Waals surface area contributed by atoms with Crippen LogP contribution >= 0.6 is 0 Å². The van der Waals surface area contributed by atoms with Gasteiger partial charge in [-0.3, -0.25) is 4.79 Å². The van der Waals surface area contributed by atoms with E-state index in [9.17, 15) is 9.90 Å². The van der Waals surface area contributed by atoms with Crippen LogP contribution in [0.1, 0.15) is 27.2 Å². The van der Waals surface area contributed by atoms with Crippen LogP contribution in [0.15, 0.2) is 0 Å². The topological polar surface area (TPSA) is 66.8 Å². The number of hydrogen-bond donors (Lipinski definition) is 2. The van der Waals surface area contributed by atoms with Crippen LogP contribution < -0.4 is 0 Å². The number of ether oxygens (including phenoxy) is 1. The van der Waals surface area contributed by atoms with E-state index in [0.29, 0.717) is 0 Å². The first-order chi connectivity index (χ1) is 6.43. The molecule has 0 radical (unpaired) electrons. The van der Waals surface area contributed by atoms with Crippen LogP contribution in [0.4, 0.5) is 0 Å². The molecule has 0 bridgehead atoms. The monoisotopic (exact) mass is 202 g/mol. The fraction of sp³-hybridized carbons (Fsp3) is 0.900. The van der Waals surface area contributed by atoms with E-state index in [0.717, 1.165) is 6.42 Å². The minimum absolute atomic E-state index is 0.0854. The number of carboxylic acids is 1. The Bertz CT molecular complexity index is 216. The summed E-state index contributed by atoms with van der Waals surface area (Å²) in [6, 6.07) is 0. The van der Waals surface area contributed by atoms with Crippen molar-refractivity contribution in [2.24, 2.45) is 17.8 Å². The van der Waals surface area contributed by atoms with E-state index in [1.165, 1.54) is 0 Å². The molecule has 0 saturated carbocycles. The molecule has 1 aliphatic rings. The molecule has 82 valence electrons. The van der Waals surface area contributed by atoms with Gasteiger partial charge in [-0.1, -0.05) is 13.8 Å². The summed E-state index contributed by atoms with van der Waals surface area (Å²) in [5.41, 5.74) is 0. The third-order valence-electron chi connectivity index (χ3n) is 2.97. The van der Waals surface area contributed by atoms with Crippen molar-refractivity contribution < 1.29 is 19.7 Å². The molecule has 0 aromatic heterocycles. The first-order valence-electron chi connectivity index (χ1n) is 4.99. The average molecular weight is 202 g/mol. The quantitative estimate of drug-likeness (QED) is 0.703. The van der Waals surface area contributed by atoms with Crippen molar-refractivity contribution in [1.29, 1.82) is 0 Å². The molecule has 0 aromatic carbocycles. The third-order valence-corrected chi connectivity index (χ3v) is 2.97. The Balaban J connectivity index is 2.65. The van der Waals surface area contributed by atoms with E-state index < -0.39 is 18.2 Å². The lowest BCUT2D eigenvalue weighted by atomic mass is 9.84. The third kappa shape index (κ3) is 2.25. The average Bonchev–Trinajstić information content (AvgIpc) is 2.10. The Morgan fingerprint density at radius 2 is 2.00 bits per heavy atom. The van der Waals surface area contributed by atoms with E-state index in [-0.39, 0.29) is 17.9 Å². The number of hydrogen-bond acceptors (Lipinski definition) is 3. The predicted molar refractivity (Wildman–Crippen MR) is 50.6 cm³/mol. The molecule has 0 spiro atoms. The minimum atomic E-state index is -0.872. The maximum Gasteiger partial charge on any atom is 0.308 e. The molecule has 1 aliphatic heterocycles. The summed E-state index contributed by atoms with van der Waals surface area (Å²) in [7, 11) is 0. The van der Waals surface area contributed by atoms with E-state index >= 15 is 0 Å². The Morgan fingerprint density at radius 1 is 1.43 bits per heavy atom. The van der Waals surface area contributed by atoms with Gasteiger partial charge in [0.05, 0.1) is 12.0 Å². The van der Waals surface area contributed by atoms with Crippen molar-refractivity contribution in [2.45, 2.75) is 39.6 Å². The van der Waals surface area contributed by atoms with Crippen molar-refractivity contribution in [3.8, 4) is 0 Å². The van der Waals surface area contributed by atoms with Crippen molar-refractivity contribution in [3.05, 3.63) is 0 Å². The zero-order valence-electron chi connectivity index (χ0n) is 8.80. The molecular formula is C10H18O4. The molecule has 5 atom stereocenters. The number of aliphatic hydroxyl groups is 1. The molecule has 0 amide bonds. The summed E-state index contributed by atoms with van der Waals surface area (Å²) in [4.78, 5) is 10.8. The molecule has 14 heavy (non-hydrogen) atoms. The fourth-order valence-electron chi connectivity index (χ4n) is 2.02. The number of aliphatic carboxylic acids is 1. The lowest BCUT2D eigenvalue weighted by Crippen LogP contribution is -2.44. The summed E-state index contributed by atoms with van der Waals surface area (Å²) >= 11 is 0. The van der Waals surface area contributed by atoms with Crippen LogP contribution in [-0.2, 0) is 9.53 Å². The van der Waals surface area contributed by atoms with Gasteiger partial charge in [0.25, 0.3) is 0 Å². The van der Waals surface area contributed by atoms with E-state index in [2.05, 4.69) is 0 Å². The summed E-state index contributed by atoms with van der Waals surface area (Å²) in [6.45, 7) is 5.49. The van der Waals surface area contributed by atoms with Gasteiger partial charge in [0.15, 0.2) is 6.29 Å². The van der Waals surface area contributed by atoms with E-state index in [4.69, 9.17) is 9.84 Å². The van der Waals surface area contributed by atoms with Gasteiger partial charge in [0.1, 0.15) is 0 Å². The van der Waals surface area contributed by atoms with Crippen LogP contribution in [0.5, 0.6) is 0 Å². The van der Waals surface area contributed by atoms with Crippen molar-refractivity contribution in [2.75, 3.05) is 0 Å². The smallest absolute Gasteiger partial charge is 0.308 e. The minimum Gasteiger partial charge on any atom is -0.481 e. The zero-order chi connectivity index (χ0) is 10.9. The fourth-order valence-corrected chi connectivity index (χ4v) is 2.02. The highest BCUT2D eigenvalue weighted by Gasteiger charge is 2.37. The largest absolute Gasteiger partial charge is 0.481 e. The van der Waals surface area contributed by atoms with Gasteiger partial charge in [-0.2, -0.15) is 0 Å². The number of aliphatic hydroxyl groups excluding tert-OH is 1. The molecule has 2 N–H and O–H groups in total. The van der Waals surface area contributed by atoms with Gasteiger partial charge < -0.3 is 14.9 Å². The first-order valence-corrected chi connectivity index (χ1v) is 4.99. The van der Waals surface area contributed by atoms with Crippen LogP contribution in [0.3, 0.4) is 0 Å². The van der Waals surface area contributed by atoms with Gasteiger partial charge in [-0.15, -0.1) is 0 Å². The molecule has 1 saturated heterocycles. The molecule has 1 rings (SSSR count). The maximum absolute atomic E-state index is 10.8. The van der Waals surface area contributed by atoms with Gasteiger partial charge >= 0.3 is 5.97 Å². The van der Waals surface area contributed by atoms with Crippen LogP contribution in [0.25, 0.3) is 0 Å². The van der Waals surface area contributed by atoms with Crippen LogP contribution in [0.2, 0.25) is 0 Å². The molecule has 0 aliphatic carbocycles. The summed E-state index contributed by atoms with van der Waals surface area (Å²) in [5, 5.41) is 18.3. The molecule has 1 heterocycles. The van der Waals surface area contributed by atoms with Gasteiger partial charge in [0.2, 0.25) is 0 Å². The van der Waals surface area contributed by atoms with E-state index in [1.54, 1.807) is 6.92 Å². The lowest BCUT2D eigenvalue weighted by molar-refractivity contribution is -0.221.